The van der Waals surface area contributed by atoms with Crippen LogP contribution < -0.4 is 10.1 Å². The van der Waals surface area contributed by atoms with E-state index in [1.165, 1.54) is 7.11 Å². The molecule has 0 saturated carbocycles. The molecule has 1 N–H and O–H groups in total. The van der Waals surface area contributed by atoms with Crippen molar-refractivity contribution in [3.8, 4) is 5.75 Å². The minimum absolute atomic E-state index is 0.177. The molecule has 2 aromatic rings. The van der Waals surface area contributed by atoms with Gasteiger partial charge in [-0.1, -0.05) is 24.3 Å². The van der Waals surface area contributed by atoms with Gasteiger partial charge in [-0.2, -0.15) is 0 Å². The van der Waals surface area contributed by atoms with Gasteiger partial charge in [0, 0.05) is 45.2 Å². The van der Waals surface area contributed by atoms with Gasteiger partial charge in [0.15, 0.2) is 11.9 Å². The zero-order chi connectivity index (χ0) is 17.5. The Hall–Kier alpha value is -2.46. The molecule has 0 bridgehead atoms. The van der Waals surface area contributed by atoms with Crippen molar-refractivity contribution in [3.63, 3.8) is 0 Å². The molecule has 0 aliphatic rings. The fourth-order valence-electron chi connectivity index (χ4n) is 2.54. The highest BCUT2D eigenvalue weighted by Gasteiger charge is 2.22. The lowest BCUT2D eigenvalue weighted by atomic mass is 10.0. The fraction of sp³-hybridized carbons (Fsp3) is 0.300. The summed E-state index contributed by atoms with van der Waals surface area (Å²) in [5.41, 5.74) is 3.94. The van der Waals surface area contributed by atoms with E-state index in [9.17, 15) is 4.79 Å². The van der Waals surface area contributed by atoms with Crippen LogP contribution in [0.25, 0.3) is 0 Å². The molecule has 0 fully saturated rings. The number of carbonyl (C=O) groups is 1. The molecule has 1 amide bonds. The number of aryl methyl sites for hydroxylation is 1. The summed E-state index contributed by atoms with van der Waals surface area (Å²) in [6.45, 7) is 4.39. The SMILES string of the molecule is C[CH+]c1ccc(C)c(OCc2ccccc2C(OC)C(=O)NC)c1. The van der Waals surface area contributed by atoms with Crippen molar-refractivity contribution in [2.75, 3.05) is 14.2 Å². The van der Waals surface area contributed by atoms with Crippen LogP contribution in [0, 0.1) is 13.3 Å². The Kier molecular flexibility index (Phi) is 6.27. The number of likely N-dealkylation sites (N-methyl/N-ethyl adjacent to an activating group) is 1. The predicted molar refractivity (Wildman–Crippen MR) is 94.8 cm³/mol. The number of methoxy groups -OCH3 is 1. The molecule has 4 nitrogen and oxygen atoms in total. The monoisotopic (exact) mass is 326 g/mol. The summed E-state index contributed by atoms with van der Waals surface area (Å²) in [6, 6.07) is 13.8. The van der Waals surface area contributed by atoms with Crippen molar-refractivity contribution in [2.45, 2.75) is 26.6 Å². The third-order valence-electron chi connectivity index (χ3n) is 3.99. The second-order valence-electron chi connectivity index (χ2n) is 5.53. The Morgan fingerprint density at radius 2 is 2.00 bits per heavy atom. The standard InChI is InChI=1S/C20H23NO3/c1-5-15-11-10-14(2)18(12-15)24-13-16-8-6-7-9-17(16)19(23-4)20(22)21-3/h5-12,19H,13H2,1-4H3/p+1. The number of hydrogen-bond donors (Lipinski definition) is 1. The Morgan fingerprint density at radius 1 is 1.25 bits per heavy atom. The molecule has 2 aromatic carbocycles. The Morgan fingerprint density at radius 3 is 2.67 bits per heavy atom. The van der Waals surface area contributed by atoms with Crippen LogP contribution in [0.4, 0.5) is 0 Å². The maximum Gasteiger partial charge on any atom is 0.253 e. The molecular weight excluding hydrogens is 302 g/mol. The van der Waals surface area contributed by atoms with E-state index in [4.69, 9.17) is 9.47 Å². The van der Waals surface area contributed by atoms with Crippen LogP contribution in [0.5, 0.6) is 5.75 Å². The summed E-state index contributed by atoms with van der Waals surface area (Å²) < 4.78 is 11.4. The first-order valence-corrected chi connectivity index (χ1v) is 7.95. The molecule has 1 atom stereocenters. The predicted octanol–water partition coefficient (Wildman–Crippen LogP) is 3.58. The van der Waals surface area contributed by atoms with Crippen LogP contribution in [-0.2, 0) is 16.1 Å². The highest BCUT2D eigenvalue weighted by atomic mass is 16.5. The van der Waals surface area contributed by atoms with Crippen LogP contribution in [-0.4, -0.2) is 20.1 Å². The summed E-state index contributed by atoms with van der Waals surface area (Å²) in [6.07, 6.45) is 1.39. The van der Waals surface area contributed by atoms with Gasteiger partial charge < -0.3 is 14.8 Å². The molecule has 0 spiro atoms. The number of carbonyl (C=O) groups excluding carboxylic acids is 1. The molecule has 0 radical (unpaired) electrons. The number of ether oxygens (including phenoxy) is 2. The first-order chi connectivity index (χ1) is 11.6. The van der Waals surface area contributed by atoms with Gasteiger partial charge in [-0.05, 0) is 18.1 Å². The quantitative estimate of drug-likeness (QED) is 0.791. The fourth-order valence-corrected chi connectivity index (χ4v) is 2.54. The third-order valence-corrected chi connectivity index (χ3v) is 3.99. The Balaban J connectivity index is 2.23. The van der Waals surface area contributed by atoms with Gasteiger partial charge in [-0.3, -0.25) is 4.79 Å². The molecule has 0 heterocycles. The number of rotatable bonds is 7. The molecule has 4 heteroatoms. The van der Waals surface area contributed by atoms with E-state index in [1.54, 1.807) is 7.05 Å². The minimum Gasteiger partial charge on any atom is -0.477 e. The zero-order valence-electron chi connectivity index (χ0n) is 14.6. The van der Waals surface area contributed by atoms with Crippen molar-refractivity contribution in [2.24, 2.45) is 0 Å². The van der Waals surface area contributed by atoms with Crippen LogP contribution in [0.3, 0.4) is 0 Å². The van der Waals surface area contributed by atoms with E-state index < -0.39 is 6.10 Å². The molecular formula is C20H24NO3+. The summed E-state index contributed by atoms with van der Waals surface area (Å²) in [5, 5.41) is 2.63. The summed E-state index contributed by atoms with van der Waals surface area (Å²) in [4.78, 5) is 12.0. The smallest absolute Gasteiger partial charge is 0.253 e. The lowest BCUT2D eigenvalue weighted by molar-refractivity contribution is -0.130. The lowest BCUT2D eigenvalue weighted by Gasteiger charge is -2.18. The van der Waals surface area contributed by atoms with Gasteiger partial charge >= 0.3 is 0 Å². The second-order valence-corrected chi connectivity index (χ2v) is 5.53. The minimum atomic E-state index is -0.647. The van der Waals surface area contributed by atoms with Crippen LogP contribution in [0.15, 0.2) is 42.5 Å². The molecule has 0 saturated heterocycles. The molecule has 0 aliphatic heterocycles. The van der Waals surface area contributed by atoms with E-state index in [-0.39, 0.29) is 5.91 Å². The summed E-state index contributed by atoms with van der Waals surface area (Å²) in [5.74, 6) is 0.665. The molecule has 24 heavy (non-hydrogen) atoms. The number of nitrogens with one attached hydrogen (secondary N) is 1. The van der Waals surface area contributed by atoms with Crippen LogP contribution >= 0.6 is 0 Å². The van der Waals surface area contributed by atoms with E-state index in [2.05, 4.69) is 11.4 Å². The number of benzene rings is 2. The van der Waals surface area contributed by atoms with Crippen LogP contribution in [0.1, 0.15) is 35.3 Å². The largest absolute Gasteiger partial charge is 0.477 e. The Labute approximate surface area is 143 Å². The van der Waals surface area contributed by atoms with Gasteiger partial charge in [-0.25, -0.2) is 0 Å². The van der Waals surface area contributed by atoms with Gasteiger partial charge in [-0.15, -0.1) is 0 Å². The number of hydrogen-bond acceptors (Lipinski definition) is 3. The van der Waals surface area contributed by atoms with Crippen molar-refractivity contribution in [1.29, 1.82) is 0 Å². The topological polar surface area (TPSA) is 47.6 Å². The molecule has 2 rings (SSSR count). The van der Waals surface area contributed by atoms with Gasteiger partial charge in [0.05, 0.1) is 6.07 Å². The molecule has 1 unspecified atom stereocenters. The average molecular weight is 326 g/mol. The normalized spacial score (nSPS) is 11.7. The first kappa shape index (κ1) is 17.9. The van der Waals surface area contributed by atoms with Crippen LogP contribution in [0.2, 0.25) is 0 Å². The highest BCUT2D eigenvalue weighted by Crippen LogP contribution is 2.25. The summed E-state index contributed by atoms with van der Waals surface area (Å²) >= 11 is 0. The summed E-state index contributed by atoms with van der Waals surface area (Å²) in [7, 11) is 3.13. The second kappa shape index (κ2) is 8.41. The first-order valence-electron chi connectivity index (χ1n) is 7.95. The molecule has 0 aromatic heterocycles. The third kappa shape index (κ3) is 4.09. The van der Waals surface area contributed by atoms with Crippen molar-refractivity contribution in [1.82, 2.24) is 5.32 Å². The van der Waals surface area contributed by atoms with Crippen molar-refractivity contribution in [3.05, 3.63) is 71.1 Å². The van der Waals surface area contributed by atoms with E-state index in [0.29, 0.717) is 6.61 Å². The highest BCUT2D eigenvalue weighted by molar-refractivity contribution is 5.82. The van der Waals surface area contributed by atoms with Crippen molar-refractivity contribution < 1.29 is 14.3 Å². The maximum atomic E-state index is 12.0. The van der Waals surface area contributed by atoms with Gasteiger partial charge in [0.2, 0.25) is 0 Å². The van der Waals surface area contributed by atoms with E-state index >= 15 is 0 Å². The molecule has 126 valence electrons. The lowest BCUT2D eigenvalue weighted by Crippen LogP contribution is -2.27. The number of amides is 1. The van der Waals surface area contributed by atoms with E-state index in [1.807, 2.05) is 56.7 Å². The zero-order valence-corrected chi connectivity index (χ0v) is 14.6. The van der Waals surface area contributed by atoms with Crippen molar-refractivity contribution >= 4 is 5.91 Å². The van der Waals surface area contributed by atoms with Gasteiger partial charge in [0.1, 0.15) is 12.2 Å². The Bertz CT molecular complexity index is 697. The van der Waals surface area contributed by atoms with Gasteiger partial charge in [0.25, 0.3) is 5.91 Å². The average Bonchev–Trinajstić information content (AvgIpc) is 2.62. The maximum absolute atomic E-state index is 12.0. The van der Waals surface area contributed by atoms with E-state index in [0.717, 1.165) is 28.0 Å². The molecule has 0 aliphatic carbocycles.